The smallest absolute Gasteiger partial charge is 0.0391 e. The van der Waals surface area contributed by atoms with E-state index in [1.807, 2.05) is 0 Å². The zero-order valence-corrected chi connectivity index (χ0v) is 9.84. The Bertz CT molecular complexity index is 225. The number of allylic oxidation sites excluding steroid dienone is 2. The first-order chi connectivity index (χ1) is 6.70. The Morgan fingerprint density at radius 3 is 2.43 bits per heavy atom. The highest BCUT2D eigenvalue weighted by molar-refractivity contribution is 5.32. The fourth-order valence-corrected chi connectivity index (χ4v) is 2.61. The number of rotatable bonds is 4. The van der Waals surface area contributed by atoms with Crippen molar-refractivity contribution in [2.45, 2.75) is 52.9 Å². The van der Waals surface area contributed by atoms with Gasteiger partial charge in [0.2, 0.25) is 0 Å². The monoisotopic (exact) mass is 193 g/mol. The van der Waals surface area contributed by atoms with Crippen LogP contribution in [-0.4, -0.2) is 6.72 Å². The third-order valence-electron chi connectivity index (χ3n) is 3.36. The summed E-state index contributed by atoms with van der Waals surface area (Å²) in [6.07, 6.45) is 6.29. The van der Waals surface area contributed by atoms with Crippen molar-refractivity contribution in [3.8, 4) is 0 Å². The maximum Gasteiger partial charge on any atom is 0.0391 e. The van der Waals surface area contributed by atoms with Gasteiger partial charge in [-0.1, -0.05) is 20.8 Å². The van der Waals surface area contributed by atoms with Crippen LogP contribution >= 0.6 is 0 Å². The van der Waals surface area contributed by atoms with Crippen LogP contribution in [0.3, 0.4) is 0 Å². The summed E-state index contributed by atoms with van der Waals surface area (Å²) in [5.74, 6) is 1.47. The van der Waals surface area contributed by atoms with Gasteiger partial charge in [0.25, 0.3) is 0 Å². The topological polar surface area (TPSA) is 12.4 Å². The van der Waals surface area contributed by atoms with Crippen LogP contribution in [0.1, 0.15) is 52.9 Å². The van der Waals surface area contributed by atoms with Gasteiger partial charge in [-0.05, 0) is 56.2 Å². The molecule has 0 aliphatic heterocycles. The molecule has 1 aliphatic rings. The number of aliphatic imine (C=N–C) groups is 1. The van der Waals surface area contributed by atoms with Gasteiger partial charge in [-0.15, -0.1) is 0 Å². The molecule has 1 aliphatic carbocycles. The molecule has 1 heteroatoms. The van der Waals surface area contributed by atoms with Crippen LogP contribution in [0.5, 0.6) is 0 Å². The highest BCUT2D eigenvalue weighted by atomic mass is 14.7. The first kappa shape index (κ1) is 11.5. The summed E-state index contributed by atoms with van der Waals surface area (Å²) in [5, 5.41) is 0. The molecule has 0 saturated carbocycles. The van der Waals surface area contributed by atoms with E-state index < -0.39 is 0 Å². The molecule has 0 N–H and O–H groups in total. The molecule has 0 spiro atoms. The fourth-order valence-electron chi connectivity index (χ4n) is 2.61. The van der Waals surface area contributed by atoms with Crippen molar-refractivity contribution in [2.75, 3.05) is 0 Å². The van der Waals surface area contributed by atoms with Crippen molar-refractivity contribution in [2.24, 2.45) is 16.8 Å². The minimum Gasteiger partial charge on any atom is -0.269 e. The molecule has 0 fully saturated rings. The quantitative estimate of drug-likeness (QED) is 0.593. The SMILES string of the molecule is C=NC1=C(C(CC)C(C)C)CCCC1. The van der Waals surface area contributed by atoms with E-state index in [2.05, 4.69) is 32.5 Å². The van der Waals surface area contributed by atoms with Crippen molar-refractivity contribution < 1.29 is 0 Å². The molecule has 0 bridgehead atoms. The van der Waals surface area contributed by atoms with Gasteiger partial charge < -0.3 is 0 Å². The van der Waals surface area contributed by atoms with Crippen LogP contribution in [-0.2, 0) is 0 Å². The molecule has 0 radical (unpaired) electrons. The Morgan fingerprint density at radius 1 is 1.29 bits per heavy atom. The summed E-state index contributed by atoms with van der Waals surface area (Å²) < 4.78 is 0. The second-order valence-corrected chi connectivity index (χ2v) is 4.60. The largest absolute Gasteiger partial charge is 0.269 e. The molecule has 0 aromatic heterocycles. The summed E-state index contributed by atoms with van der Waals surface area (Å²) in [5.41, 5.74) is 2.90. The Labute approximate surface area is 88.3 Å². The molecular formula is C13H23N. The minimum absolute atomic E-state index is 0.732. The lowest BCUT2D eigenvalue weighted by Crippen LogP contribution is -2.14. The zero-order valence-electron chi connectivity index (χ0n) is 9.84. The van der Waals surface area contributed by atoms with E-state index in [1.54, 1.807) is 5.57 Å². The lowest BCUT2D eigenvalue weighted by atomic mass is 9.79. The molecule has 1 unspecified atom stereocenters. The Morgan fingerprint density at radius 2 is 1.93 bits per heavy atom. The highest BCUT2D eigenvalue weighted by Crippen LogP contribution is 2.35. The van der Waals surface area contributed by atoms with E-state index in [9.17, 15) is 0 Å². The second-order valence-electron chi connectivity index (χ2n) is 4.60. The maximum atomic E-state index is 4.21. The Hall–Kier alpha value is -0.590. The normalized spacial score (nSPS) is 20.0. The van der Waals surface area contributed by atoms with Crippen LogP contribution in [0.4, 0.5) is 0 Å². The van der Waals surface area contributed by atoms with Gasteiger partial charge in [-0.3, -0.25) is 4.99 Å². The zero-order chi connectivity index (χ0) is 10.6. The highest BCUT2D eigenvalue weighted by Gasteiger charge is 2.21. The molecule has 0 saturated heterocycles. The average molecular weight is 193 g/mol. The van der Waals surface area contributed by atoms with Crippen molar-refractivity contribution in [1.82, 2.24) is 0 Å². The molecule has 80 valence electrons. The first-order valence-corrected chi connectivity index (χ1v) is 5.89. The van der Waals surface area contributed by atoms with E-state index in [0.717, 1.165) is 18.3 Å². The van der Waals surface area contributed by atoms with Crippen LogP contribution in [0.2, 0.25) is 0 Å². The van der Waals surface area contributed by atoms with Crippen molar-refractivity contribution in [3.05, 3.63) is 11.3 Å². The number of hydrogen-bond donors (Lipinski definition) is 0. The third-order valence-corrected chi connectivity index (χ3v) is 3.36. The van der Waals surface area contributed by atoms with E-state index in [1.165, 1.54) is 31.4 Å². The molecule has 0 heterocycles. The van der Waals surface area contributed by atoms with E-state index >= 15 is 0 Å². The lowest BCUT2D eigenvalue weighted by molar-refractivity contribution is 0.402. The molecule has 14 heavy (non-hydrogen) atoms. The second kappa shape index (κ2) is 5.33. The first-order valence-electron chi connectivity index (χ1n) is 5.89. The minimum atomic E-state index is 0.732. The van der Waals surface area contributed by atoms with Gasteiger partial charge in [0, 0.05) is 5.70 Å². The summed E-state index contributed by atoms with van der Waals surface area (Å²) in [4.78, 5) is 4.21. The average Bonchev–Trinajstić information content (AvgIpc) is 2.19. The van der Waals surface area contributed by atoms with Gasteiger partial charge >= 0.3 is 0 Å². The van der Waals surface area contributed by atoms with E-state index in [4.69, 9.17) is 0 Å². The fraction of sp³-hybridized carbons (Fsp3) is 0.769. The third kappa shape index (κ3) is 2.46. The van der Waals surface area contributed by atoms with Crippen LogP contribution in [0.15, 0.2) is 16.3 Å². The predicted molar refractivity (Wildman–Crippen MR) is 63.7 cm³/mol. The predicted octanol–water partition coefficient (Wildman–Crippen LogP) is 4.20. The molecule has 1 nitrogen and oxygen atoms in total. The Balaban J connectivity index is 2.89. The number of hydrogen-bond acceptors (Lipinski definition) is 1. The lowest BCUT2D eigenvalue weighted by Gasteiger charge is -2.27. The standard InChI is InChI=1S/C13H23N/c1-5-11(10(2)3)12-8-6-7-9-13(12)14-4/h10-11H,4-9H2,1-3H3. The summed E-state index contributed by atoms with van der Waals surface area (Å²) in [6, 6.07) is 0. The Kier molecular flexibility index (Phi) is 4.37. The van der Waals surface area contributed by atoms with Gasteiger partial charge in [-0.2, -0.15) is 0 Å². The van der Waals surface area contributed by atoms with Gasteiger partial charge in [0.15, 0.2) is 0 Å². The van der Waals surface area contributed by atoms with Crippen molar-refractivity contribution in [1.29, 1.82) is 0 Å². The molecular weight excluding hydrogens is 170 g/mol. The number of nitrogens with zero attached hydrogens (tertiary/aromatic N) is 1. The molecule has 0 amide bonds. The summed E-state index contributed by atoms with van der Waals surface area (Å²) in [7, 11) is 0. The van der Waals surface area contributed by atoms with Crippen LogP contribution in [0.25, 0.3) is 0 Å². The molecule has 0 aromatic rings. The van der Waals surface area contributed by atoms with Gasteiger partial charge in [0.1, 0.15) is 0 Å². The van der Waals surface area contributed by atoms with Gasteiger partial charge in [0.05, 0.1) is 0 Å². The summed E-state index contributed by atoms with van der Waals surface area (Å²) >= 11 is 0. The van der Waals surface area contributed by atoms with Crippen molar-refractivity contribution in [3.63, 3.8) is 0 Å². The molecule has 1 atom stereocenters. The summed E-state index contributed by atoms with van der Waals surface area (Å²) in [6.45, 7) is 10.6. The van der Waals surface area contributed by atoms with Crippen molar-refractivity contribution >= 4 is 6.72 Å². The van der Waals surface area contributed by atoms with E-state index in [-0.39, 0.29) is 0 Å². The van der Waals surface area contributed by atoms with Crippen LogP contribution in [0, 0.1) is 11.8 Å². The van der Waals surface area contributed by atoms with E-state index in [0.29, 0.717) is 0 Å². The van der Waals surface area contributed by atoms with Gasteiger partial charge in [-0.25, -0.2) is 0 Å². The molecule has 0 aromatic carbocycles. The maximum absolute atomic E-state index is 4.21. The molecule has 1 rings (SSSR count). The van der Waals surface area contributed by atoms with Crippen LogP contribution < -0.4 is 0 Å².